The van der Waals surface area contributed by atoms with Crippen molar-refractivity contribution in [1.29, 1.82) is 0 Å². The van der Waals surface area contributed by atoms with E-state index in [1.54, 1.807) is 6.26 Å². The Balaban J connectivity index is 1.60. The maximum Gasteiger partial charge on any atom is 0.237 e. The van der Waals surface area contributed by atoms with Gasteiger partial charge < -0.3 is 15.1 Å². The quantitative estimate of drug-likeness (QED) is 0.866. The Morgan fingerprint density at radius 3 is 2.90 bits per heavy atom. The second-order valence-electron chi connectivity index (χ2n) is 6.02. The van der Waals surface area contributed by atoms with Crippen molar-refractivity contribution in [1.82, 2.24) is 15.5 Å². The zero-order valence-electron chi connectivity index (χ0n) is 12.5. The second-order valence-corrected chi connectivity index (χ2v) is 6.02. The first kappa shape index (κ1) is 14.6. The van der Waals surface area contributed by atoms with Crippen molar-refractivity contribution in [3.63, 3.8) is 0 Å². The molecule has 0 aromatic carbocycles. The van der Waals surface area contributed by atoms with Gasteiger partial charge in [0.2, 0.25) is 5.91 Å². The average molecular weight is 291 g/mol. The van der Waals surface area contributed by atoms with Crippen LogP contribution in [0.25, 0.3) is 0 Å². The molecule has 5 nitrogen and oxygen atoms in total. The van der Waals surface area contributed by atoms with Crippen LogP contribution in [0.15, 0.2) is 22.8 Å². The fourth-order valence-corrected chi connectivity index (χ4v) is 3.35. The van der Waals surface area contributed by atoms with Gasteiger partial charge in [0, 0.05) is 6.54 Å². The van der Waals surface area contributed by atoms with Crippen molar-refractivity contribution < 1.29 is 9.21 Å². The topological polar surface area (TPSA) is 57.5 Å². The van der Waals surface area contributed by atoms with E-state index in [1.165, 1.54) is 19.3 Å². The predicted octanol–water partition coefficient (Wildman–Crippen LogP) is 1.67. The fraction of sp³-hybridized carbons (Fsp3) is 0.688. The lowest BCUT2D eigenvalue weighted by atomic mass is 10.1. The number of rotatable bonds is 5. The van der Waals surface area contributed by atoms with Crippen molar-refractivity contribution in [3.05, 3.63) is 24.2 Å². The lowest BCUT2D eigenvalue weighted by molar-refractivity contribution is -0.123. The molecule has 1 aromatic heterocycles. The number of hydrogen-bond donors (Lipinski definition) is 2. The Bertz CT molecular complexity index is 434. The molecule has 0 saturated carbocycles. The van der Waals surface area contributed by atoms with Gasteiger partial charge in [0.15, 0.2) is 0 Å². The number of nitrogens with one attached hydrogen (secondary N) is 2. The number of nitrogens with zero attached hydrogens (tertiary/aromatic N) is 1. The highest BCUT2D eigenvalue weighted by Crippen LogP contribution is 2.24. The third-order valence-electron chi connectivity index (χ3n) is 4.55. The lowest BCUT2D eigenvalue weighted by Crippen LogP contribution is -2.45. The van der Waals surface area contributed by atoms with E-state index in [9.17, 15) is 4.79 Å². The van der Waals surface area contributed by atoms with Gasteiger partial charge in [-0.05, 0) is 57.5 Å². The summed E-state index contributed by atoms with van der Waals surface area (Å²) in [5, 5.41) is 6.35. The number of hydrogen-bond acceptors (Lipinski definition) is 4. The number of carbonyl (C=O) groups is 1. The van der Waals surface area contributed by atoms with Crippen LogP contribution in [0.3, 0.4) is 0 Å². The second kappa shape index (κ2) is 7.09. The maximum atomic E-state index is 12.2. The Labute approximate surface area is 126 Å². The molecule has 0 bridgehead atoms. The van der Waals surface area contributed by atoms with E-state index in [0.717, 1.165) is 38.2 Å². The molecule has 2 N–H and O–H groups in total. The molecule has 2 aliphatic heterocycles. The van der Waals surface area contributed by atoms with Gasteiger partial charge in [-0.2, -0.15) is 0 Å². The van der Waals surface area contributed by atoms with Crippen molar-refractivity contribution in [3.8, 4) is 0 Å². The van der Waals surface area contributed by atoms with Gasteiger partial charge in [0.05, 0.1) is 18.3 Å². The van der Waals surface area contributed by atoms with Crippen LogP contribution in [-0.4, -0.2) is 43.0 Å². The summed E-state index contributed by atoms with van der Waals surface area (Å²) >= 11 is 0. The normalized spacial score (nSPS) is 24.9. The fourth-order valence-electron chi connectivity index (χ4n) is 3.35. The molecule has 0 radical (unpaired) electrons. The molecule has 2 saturated heterocycles. The molecule has 21 heavy (non-hydrogen) atoms. The van der Waals surface area contributed by atoms with Gasteiger partial charge in [-0.1, -0.05) is 6.42 Å². The SMILES string of the molecule is O=C(NCC(c1ccco1)N1CCCCC1)C1CCCN1. The van der Waals surface area contributed by atoms with E-state index >= 15 is 0 Å². The molecular weight excluding hydrogens is 266 g/mol. The van der Waals surface area contributed by atoms with Gasteiger partial charge in [0.25, 0.3) is 0 Å². The summed E-state index contributed by atoms with van der Waals surface area (Å²) in [4.78, 5) is 14.6. The highest BCUT2D eigenvalue weighted by atomic mass is 16.3. The molecular formula is C16H25N3O2. The first-order valence-electron chi connectivity index (χ1n) is 8.13. The number of piperidine rings is 1. The molecule has 3 rings (SSSR count). The highest BCUT2D eigenvalue weighted by Gasteiger charge is 2.27. The van der Waals surface area contributed by atoms with E-state index in [-0.39, 0.29) is 18.0 Å². The van der Waals surface area contributed by atoms with Crippen molar-refractivity contribution in [2.45, 2.75) is 44.2 Å². The molecule has 0 aliphatic carbocycles. The van der Waals surface area contributed by atoms with Crippen LogP contribution in [-0.2, 0) is 4.79 Å². The van der Waals surface area contributed by atoms with Gasteiger partial charge in [-0.3, -0.25) is 9.69 Å². The lowest BCUT2D eigenvalue weighted by Gasteiger charge is -2.33. The van der Waals surface area contributed by atoms with Gasteiger partial charge in [-0.15, -0.1) is 0 Å². The first-order valence-corrected chi connectivity index (χ1v) is 8.13. The summed E-state index contributed by atoms with van der Waals surface area (Å²) in [6.07, 6.45) is 7.52. The Morgan fingerprint density at radius 2 is 2.24 bits per heavy atom. The molecule has 2 unspecified atom stereocenters. The molecule has 1 aromatic rings. The predicted molar refractivity (Wildman–Crippen MR) is 80.9 cm³/mol. The minimum Gasteiger partial charge on any atom is -0.468 e. The molecule has 2 aliphatic rings. The molecule has 3 heterocycles. The largest absolute Gasteiger partial charge is 0.468 e. The van der Waals surface area contributed by atoms with Crippen LogP contribution in [0.1, 0.15) is 43.9 Å². The highest BCUT2D eigenvalue weighted by molar-refractivity contribution is 5.82. The summed E-state index contributed by atoms with van der Waals surface area (Å²) in [5.74, 6) is 1.08. The monoisotopic (exact) mass is 291 g/mol. The van der Waals surface area contributed by atoms with Crippen LogP contribution in [0.5, 0.6) is 0 Å². The van der Waals surface area contributed by atoms with E-state index in [0.29, 0.717) is 6.54 Å². The third kappa shape index (κ3) is 3.66. The molecule has 116 valence electrons. The van der Waals surface area contributed by atoms with Crippen molar-refractivity contribution in [2.75, 3.05) is 26.2 Å². The molecule has 5 heteroatoms. The summed E-state index contributed by atoms with van der Waals surface area (Å²) in [6.45, 7) is 3.75. The summed E-state index contributed by atoms with van der Waals surface area (Å²) in [6, 6.07) is 4.08. The summed E-state index contributed by atoms with van der Waals surface area (Å²) in [7, 11) is 0. The molecule has 0 spiro atoms. The Morgan fingerprint density at radius 1 is 1.38 bits per heavy atom. The molecule has 2 atom stereocenters. The zero-order chi connectivity index (χ0) is 14.5. The smallest absolute Gasteiger partial charge is 0.237 e. The van der Waals surface area contributed by atoms with E-state index in [2.05, 4.69) is 15.5 Å². The van der Waals surface area contributed by atoms with Gasteiger partial charge >= 0.3 is 0 Å². The van der Waals surface area contributed by atoms with Crippen LogP contribution >= 0.6 is 0 Å². The van der Waals surface area contributed by atoms with E-state index < -0.39 is 0 Å². The summed E-state index contributed by atoms with van der Waals surface area (Å²) in [5.41, 5.74) is 0. The van der Waals surface area contributed by atoms with Crippen molar-refractivity contribution >= 4 is 5.91 Å². The summed E-state index contributed by atoms with van der Waals surface area (Å²) < 4.78 is 5.60. The number of amides is 1. The minimum absolute atomic E-state index is 0.0105. The van der Waals surface area contributed by atoms with Crippen LogP contribution in [0, 0.1) is 0 Å². The van der Waals surface area contributed by atoms with Gasteiger partial charge in [-0.25, -0.2) is 0 Å². The minimum atomic E-state index is -0.0105. The van der Waals surface area contributed by atoms with Crippen LogP contribution in [0.4, 0.5) is 0 Å². The maximum absolute atomic E-state index is 12.2. The molecule has 2 fully saturated rings. The standard InChI is InChI=1S/C16H25N3O2/c20-16(13-6-4-8-17-13)18-12-14(15-7-5-11-21-15)19-9-2-1-3-10-19/h5,7,11,13-14,17H,1-4,6,8-10,12H2,(H,18,20). The number of likely N-dealkylation sites (tertiary alicyclic amines) is 1. The zero-order valence-corrected chi connectivity index (χ0v) is 12.5. The number of carbonyl (C=O) groups excluding carboxylic acids is 1. The van der Waals surface area contributed by atoms with Crippen LogP contribution < -0.4 is 10.6 Å². The van der Waals surface area contributed by atoms with E-state index in [4.69, 9.17) is 4.42 Å². The average Bonchev–Trinajstić information content (AvgIpc) is 3.22. The number of furan rings is 1. The van der Waals surface area contributed by atoms with Crippen molar-refractivity contribution in [2.24, 2.45) is 0 Å². The molecule has 1 amide bonds. The van der Waals surface area contributed by atoms with E-state index in [1.807, 2.05) is 12.1 Å². The van der Waals surface area contributed by atoms with Crippen LogP contribution in [0.2, 0.25) is 0 Å². The third-order valence-corrected chi connectivity index (χ3v) is 4.55. The Kier molecular flexibility index (Phi) is 4.93. The Hall–Kier alpha value is -1.33. The first-order chi connectivity index (χ1) is 10.3. The van der Waals surface area contributed by atoms with Gasteiger partial charge in [0.1, 0.15) is 5.76 Å².